The number of hydrogen-bond acceptors (Lipinski definition) is 3. The minimum absolute atomic E-state index is 0.0517. The Labute approximate surface area is 104 Å². The number of Topliss-reactive ketones (excluding diaryl/α,β-unsaturated/α-hetero) is 1. The van der Waals surface area contributed by atoms with Crippen molar-refractivity contribution in [3.05, 3.63) is 34.9 Å². The second-order valence-electron chi connectivity index (χ2n) is 3.57. The summed E-state index contributed by atoms with van der Waals surface area (Å²) >= 11 is 0. The third-order valence-electron chi connectivity index (χ3n) is 2.43. The van der Waals surface area contributed by atoms with Gasteiger partial charge in [0.2, 0.25) is 0 Å². The highest BCUT2D eigenvalue weighted by Crippen LogP contribution is 2.27. The average Bonchev–Trinajstić information content (AvgIpc) is 2.37. The molecule has 0 radical (unpaired) electrons. The van der Waals surface area contributed by atoms with Gasteiger partial charge in [0.15, 0.2) is 5.78 Å². The van der Waals surface area contributed by atoms with E-state index in [1.165, 1.54) is 12.1 Å². The van der Waals surface area contributed by atoms with Crippen LogP contribution in [-0.4, -0.2) is 18.4 Å². The van der Waals surface area contributed by atoms with E-state index in [4.69, 9.17) is 4.74 Å². The summed E-state index contributed by atoms with van der Waals surface area (Å²) in [5, 5.41) is 0. The Hall–Kier alpha value is -1.78. The van der Waals surface area contributed by atoms with E-state index in [9.17, 15) is 18.4 Å². The Morgan fingerprint density at radius 2 is 1.94 bits per heavy atom. The van der Waals surface area contributed by atoms with Crippen molar-refractivity contribution in [2.75, 3.05) is 6.61 Å². The summed E-state index contributed by atoms with van der Waals surface area (Å²) in [5.41, 5.74) is -0.748. The molecule has 0 atom stereocenters. The van der Waals surface area contributed by atoms with Gasteiger partial charge in [-0.1, -0.05) is 19.1 Å². The molecule has 0 spiro atoms. The first-order chi connectivity index (χ1) is 8.52. The lowest BCUT2D eigenvalue weighted by molar-refractivity contribution is 0.0522. The second kappa shape index (κ2) is 6.23. The van der Waals surface area contributed by atoms with Crippen LogP contribution < -0.4 is 0 Å². The molecular weight excluding hydrogens is 242 g/mol. The van der Waals surface area contributed by atoms with Gasteiger partial charge in [-0.25, -0.2) is 13.6 Å². The molecule has 98 valence electrons. The van der Waals surface area contributed by atoms with Crippen LogP contribution in [0.15, 0.2) is 18.2 Å². The SMILES string of the molecule is CCOC(=O)c1cccc(C(F)F)c1C(=O)CC. The summed E-state index contributed by atoms with van der Waals surface area (Å²) in [6.07, 6.45) is -2.75. The molecule has 0 aliphatic heterocycles. The Morgan fingerprint density at radius 3 is 2.44 bits per heavy atom. The molecule has 1 aromatic rings. The Kier molecular flexibility index (Phi) is 4.95. The van der Waals surface area contributed by atoms with E-state index in [0.29, 0.717) is 0 Å². The standard InChI is InChI=1S/C13H14F2O3/c1-3-10(16)11-8(12(14)15)6-5-7-9(11)13(17)18-4-2/h5-7,12H,3-4H2,1-2H3. The number of carbonyl (C=O) groups is 2. The third-order valence-corrected chi connectivity index (χ3v) is 2.43. The Balaban J connectivity index is 3.37. The highest BCUT2D eigenvalue weighted by Gasteiger charge is 2.24. The first-order valence-electron chi connectivity index (χ1n) is 5.64. The Morgan fingerprint density at radius 1 is 1.28 bits per heavy atom. The van der Waals surface area contributed by atoms with Gasteiger partial charge >= 0.3 is 5.97 Å². The maximum Gasteiger partial charge on any atom is 0.338 e. The van der Waals surface area contributed by atoms with Gasteiger partial charge in [-0.3, -0.25) is 4.79 Å². The maximum atomic E-state index is 12.8. The monoisotopic (exact) mass is 256 g/mol. The van der Waals surface area contributed by atoms with Gasteiger partial charge in [-0.2, -0.15) is 0 Å². The van der Waals surface area contributed by atoms with E-state index >= 15 is 0 Å². The molecule has 0 aliphatic rings. The van der Waals surface area contributed by atoms with Gasteiger partial charge in [0, 0.05) is 17.5 Å². The quantitative estimate of drug-likeness (QED) is 0.599. The number of benzene rings is 1. The summed E-state index contributed by atoms with van der Waals surface area (Å²) in [6.45, 7) is 3.28. The van der Waals surface area contributed by atoms with Crippen molar-refractivity contribution in [1.82, 2.24) is 0 Å². The highest BCUT2D eigenvalue weighted by atomic mass is 19.3. The lowest BCUT2D eigenvalue weighted by Gasteiger charge is -2.12. The zero-order valence-electron chi connectivity index (χ0n) is 10.2. The van der Waals surface area contributed by atoms with Gasteiger partial charge < -0.3 is 4.74 Å². The van der Waals surface area contributed by atoms with Gasteiger partial charge in [-0.15, -0.1) is 0 Å². The molecule has 0 aromatic heterocycles. The molecule has 0 unspecified atom stereocenters. The number of ether oxygens (including phenoxy) is 1. The van der Waals surface area contributed by atoms with E-state index in [2.05, 4.69) is 0 Å². The maximum absolute atomic E-state index is 12.8. The first-order valence-corrected chi connectivity index (χ1v) is 5.64. The Bertz CT molecular complexity index is 456. The van der Waals surface area contributed by atoms with Crippen molar-refractivity contribution in [3.63, 3.8) is 0 Å². The molecule has 18 heavy (non-hydrogen) atoms. The lowest BCUT2D eigenvalue weighted by Crippen LogP contribution is -2.14. The lowest BCUT2D eigenvalue weighted by atomic mass is 9.96. The second-order valence-corrected chi connectivity index (χ2v) is 3.57. The van der Waals surface area contributed by atoms with Crippen LogP contribution in [0.5, 0.6) is 0 Å². The van der Waals surface area contributed by atoms with Crippen molar-refractivity contribution in [1.29, 1.82) is 0 Å². The van der Waals surface area contributed by atoms with Gasteiger partial charge in [0.05, 0.1) is 12.2 Å². The molecule has 0 bridgehead atoms. The molecular formula is C13H14F2O3. The molecule has 0 fully saturated rings. The van der Waals surface area contributed by atoms with E-state index < -0.39 is 23.7 Å². The van der Waals surface area contributed by atoms with E-state index in [1.807, 2.05) is 0 Å². The van der Waals surface area contributed by atoms with Crippen molar-refractivity contribution >= 4 is 11.8 Å². The van der Waals surface area contributed by atoms with Crippen LogP contribution in [0.2, 0.25) is 0 Å². The van der Waals surface area contributed by atoms with Crippen molar-refractivity contribution in [3.8, 4) is 0 Å². The summed E-state index contributed by atoms with van der Waals surface area (Å²) in [5.74, 6) is -1.24. The van der Waals surface area contributed by atoms with E-state index in [-0.39, 0.29) is 24.2 Å². The van der Waals surface area contributed by atoms with Crippen molar-refractivity contribution in [2.24, 2.45) is 0 Å². The fraction of sp³-hybridized carbons (Fsp3) is 0.385. The first kappa shape index (κ1) is 14.3. The molecule has 0 N–H and O–H groups in total. The fourth-order valence-corrected chi connectivity index (χ4v) is 1.62. The molecule has 3 nitrogen and oxygen atoms in total. The van der Waals surface area contributed by atoms with Crippen LogP contribution in [0.1, 0.15) is 53.0 Å². The largest absolute Gasteiger partial charge is 0.462 e. The average molecular weight is 256 g/mol. The minimum atomic E-state index is -2.80. The zero-order chi connectivity index (χ0) is 13.7. The third kappa shape index (κ3) is 2.91. The summed E-state index contributed by atoms with van der Waals surface area (Å²) in [6, 6.07) is 3.79. The summed E-state index contributed by atoms with van der Waals surface area (Å²) < 4.78 is 30.5. The number of rotatable bonds is 5. The van der Waals surface area contributed by atoms with Crippen molar-refractivity contribution in [2.45, 2.75) is 26.7 Å². The van der Waals surface area contributed by atoms with Gasteiger partial charge in [0.1, 0.15) is 0 Å². The molecule has 0 aliphatic carbocycles. The number of ketones is 1. The molecule has 1 aromatic carbocycles. The fourth-order valence-electron chi connectivity index (χ4n) is 1.62. The summed E-state index contributed by atoms with van der Waals surface area (Å²) in [7, 11) is 0. The normalized spacial score (nSPS) is 10.5. The number of alkyl halides is 2. The topological polar surface area (TPSA) is 43.4 Å². The molecule has 1 rings (SSSR count). The van der Waals surface area contributed by atoms with E-state index in [0.717, 1.165) is 6.07 Å². The molecule has 0 heterocycles. The predicted molar refractivity (Wildman–Crippen MR) is 62.0 cm³/mol. The molecule has 0 saturated heterocycles. The van der Waals surface area contributed by atoms with Crippen LogP contribution >= 0.6 is 0 Å². The van der Waals surface area contributed by atoms with Crippen LogP contribution in [-0.2, 0) is 4.74 Å². The minimum Gasteiger partial charge on any atom is -0.462 e. The molecule has 5 heteroatoms. The number of esters is 1. The van der Waals surface area contributed by atoms with Crippen LogP contribution in [0.4, 0.5) is 8.78 Å². The highest BCUT2D eigenvalue weighted by molar-refractivity contribution is 6.07. The smallest absolute Gasteiger partial charge is 0.338 e. The van der Waals surface area contributed by atoms with E-state index in [1.54, 1.807) is 13.8 Å². The van der Waals surface area contributed by atoms with Crippen LogP contribution in [0.3, 0.4) is 0 Å². The molecule has 0 saturated carbocycles. The summed E-state index contributed by atoms with van der Waals surface area (Å²) in [4.78, 5) is 23.4. The van der Waals surface area contributed by atoms with Crippen LogP contribution in [0, 0.1) is 0 Å². The van der Waals surface area contributed by atoms with Gasteiger partial charge in [-0.05, 0) is 13.0 Å². The van der Waals surface area contributed by atoms with Gasteiger partial charge in [0.25, 0.3) is 6.43 Å². The zero-order valence-corrected chi connectivity index (χ0v) is 10.2. The number of hydrogen-bond donors (Lipinski definition) is 0. The number of halogens is 2. The van der Waals surface area contributed by atoms with Crippen molar-refractivity contribution < 1.29 is 23.1 Å². The number of carbonyl (C=O) groups excluding carboxylic acids is 2. The van der Waals surface area contributed by atoms with Crippen LogP contribution in [0.25, 0.3) is 0 Å². The predicted octanol–water partition coefficient (Wildman–Crippen LogP) is 3.39. The molecule has 0 amide bonds.